The SMILES string of the molecule is C[Si](C)(OC(c1ccccc1)C(F)F)c1ccccc1. The van der Waals surface area contributed by atoms with Gasteiger partial charge >= 0.3 is 0 Å². The second-order valence-corrected chi connectivity index (χ2v) is 8.99. The Bertz CT molecular complexity index is 529. The highest BCUT2D eigenvalue weighted by molar-refractivity contribution is 6.84. The minimum Gasteiger partial charge on any atom is -0.400 e. The van der Waals surface area contributed by atoms with E-state index in [1.165, 1.54) is 0 Å². The van der Waals surface area contributed by atoms with Crippen molar-refractivity contribution in [3.8, 4) is 0 Å². The van der Waals surface area contributed by atoms with E-state index in [9.17, 15) is 8.78 Å². The molecule has 1 nitrogen and oxygen atoms in total. The molecule has 0 aliphatic carbocycles. The van der Waals surface area contributed by atoms with Crippen LogP contribution in [0.1, 0.15) is 11.7 Å². The summed E-state index contributed by atoms with van der Waals surface area (Å²) in [5.74, 6) is 0. The molecular formula is C16H18F2OSi. The average molecular weight is 292 g/mol. The zero-order valence-electron chi connectivity index (χ0n) is 11.6. The third-order valence-electron chi connectivity index (χ3n) is 3.25. The summed E-state index contributed by atoms with van der Waals surface area (Å²) in [4.78, 5) is 0. The van der Waals surface area contributed by atoms with Crippen molar-refractivity contribution < 1.29 is 13.2 Å². The topological polar surface area (TPSA) is 9.23 Å². The number of alkyl halides is 2. The summed E-state index contributed by atoms with van der Waals surface area (Å²) in [6, 6.07) is 18.3. The van der Waals surface area contributed by atoms with E-state index in [-0.39, 0.29) is 0 Å². The van der Waals surface area contributed by atoms with Crippen molar-refractivity contribution in [3.63, 3.8) is 0 Å². The Morgan fingerprint density at radius 3 is 1.85 bits per heavy atom. The van der Waals surface area contributed by atoms with Gasteiger partial charge in [0, 0.05) is 0 Å². The molecule has 0 heterocycles. The molecule has 0 spiro atoms. The predicted molar refractivity (Wildman–Crippen MR) is 79.8 cm³/mol. The molecule has 4 heteroatoms. The highest BCUT2D eigenvalue weighted by Gasteiger charge is 2.33. The van der Waals surface area contributed by atoms with Crippen LogP contribution in [0.4, 0.5) is 8.78 Å². The normalized spacial score (nSPS) is 13.4. The lowest BCUT2D eigenvalue weighted by atomic mass is 10.1. The first-order valence-electron chi connectivity index (χ1n) is 6.57. The van der Waals surface area contributed by atoms with E-state index in [0.717, 1.165) is 5.19 Å². The molecule has 0 amide bonds. The summed E-state index contributed by atoms with van der Waals surface area (Å²) in [6.45, 7) is 3.89. The molecule has 20 heavy (non-hydrogen) atoms. The van der Waals surface area contributed by atoms with Crippen LogP contribution in [0.5, 0.6) is 0 Å². The summed E-state index contributed by atoms with van der Waals surface area (Å²) in [5, 5.41) is 1.02. The van der Waals surface area contributed by atoms with Gasteiger partial charge in [0.05, 0.1) is 0 Å². The molecule has 106 valence electrons. The Labute approximate surface area is 119 Å². The van der Waals surface area contributed by atoms with Crippen LogP contribution in [0.2, 0.25) is 13.1 Å². The first-order chi connectivity index (χ1) is 9.50. The second kappa shape index (κ2) is 6.28. The van der Waals surface area contributed by atoms with Gasteiger partial charge in [-0.15, -0.1) is 0 Å². The van der Waals surface area contributed by atoms with Gasteiger partial charge in [-0.3, -0.25) is 0 Å². The Morgan fingerprint density at radius 2 is 1.35 bits per heavy atom. The van der Waals surface area contributed by atoms with Crippen LogP contribution in [0.3, 0.4) is 0 Å². The lowest BCUT2D eigenvalue weighted by Crippen LogP contribution is -2.46. The minimum absolute atomic E-state index is 0.527. The molecule has 2 rings (SSSR count). The van der Waals surface area contributed by atoms with Gasteiger partial charge in [-0.05, 0) is 23.8 Å². The highest BCUT2D eigenvalue weighted by Crippen LogP contribution is 2.28. The molecule has 0 radical (unpaired) electrons. The molecule has 2 aromatic rings. The van der Waals surface area contributed by atoms with Gasteiger partial charge in [0.1, 0.15) is 6.10 Å². The zero-order valence-corrected chi connectivity index (χ0v) is 12.6. The maximum atomic E-state index is 13.3. The van der Waals surface area contributed by atoms with Crippen LogP contribution < -0.4 is 5.19 Å². The smallest absolute Gasteiger partial charge is 0.267 e. The van der Waals surface area contributed by atoms with Crippen molar-refractivity contribution in [2.75, 3.05) is 0 Å². The Balaban J connectivity index is 2.25. The quantitative estimate of drug-likeness (QED) is 0.753. The largest absolute Gasteiger partial charge is 0.400 e. The standard InChI is InChI=1S/C16H18F2OSi/c1-20(2,14-11-7-4-8-12-14)19-15(16(17)18)13-9-5-3-6-10-13/h3-12,15-16H,1-2H3. The Hall–Kier alpha value is -1.52. The molecule has 0 aromatic heterocycles. The van der Waals surface area contributed by atoms with Crippen LogP contribution >= 0.6 is 0 Å². The van der Waals surface area contributed by atoms with Crippen molar-refractivity contribution in [2.24, 2.45) is 0 Å². The summed E-state index contributed by atoms with van der Waals surface area (Å²) in [5.41, 5.74) is 0.527. The minimum atomic E-state index is -2.53. The van der Waals surface area contributed by atoms with E-state index in [0.29, 0.717) is 5.56 Å². The fraction of sp³-hybridized carbons (Fsp3) is 0.250. The maximum Gasteiger partial charge on any atom is 0.267 e. The highest BCUT2D eigenvalue weighted by atomic mass is 28.4. The lowest BCUT2D eigenvalue weighted by molar-refractivity contribution is 0.00673. The number of hydrogen-bond donors (Lipinski definition) is 0. The number of rotatable bonds is 5. The number of benzene rings is 2. The number of halogens is 2. The third-order valence-corrected chi connectivity index (χ3v) is 5.81. The summed E-state index contributed by atoms with van der Waals surface area (Å²) < 4.78 is 32.5. The van der Waals surface area contributed by atoms with Gasteiger partial charge in [0.25, 0.3) is 6.43 Å². The van der Waals surface area contributed by atoms with Gasteiger partial charge in [-0.1, -0.05) is 60.7 Å². The van der Waals surface area contributed by atoms with E-state index in [4.69, 9.17) is 4.43 Å². The van der Waals surface area contributed by atoms with Crippen molar-refractivity contribution in [1.29, 1.82) is 0 Å². The van der Waals surface area contributed by atoms with Crippen molar-refractivity contribution in [2.45, 2.75) is 25.6 Å². The molecule has 0 aliphatic heterocycles. The molecule has 0 saturated carbocycles. The molecule has 0 aliphatic rings. The monoisotopic (exact) mass is 292 g/mol. The van der Waals surface area contributed by atoms with Crippen LogP contribution in [0, 0.1) is 0 Å². The molecule has 0 saturated heterocycles. The first-order valence-corrected chi connectivity index (χ1v) is 9.48. The van der Waals surface area contributed by atoms with E-state index in [1.54, 1.807) is 24.3 Å². The molecule has 2 aromatic carbocycles. The molecule has 0 N–H and O–H groups in total. The molecular weight excluding hydrogens is 274 g/mol. The molecule has 0 fully saturated rings. The van der Waals surface area contributed by atoms with E-state index >= 15 is 0 Å². The third kappa shape index (κ3) is 3.52. The van der Waals surface area contributed by atoms with Gasteiger partial charge in [0.15, 0.2) is 0 Å². The van der Waals surface area contributed by atoms with Crippen LogP contribution in [-0.4, -0.2) is 14.7 Å². The fourth-order valence-electron chi connectivity index (χ4n) is 2.13. The zero-order chi connectivity index (χ0) is 14.6. The maximum absolute atomic E-state index is 13.3. The van der Waals surface area contributed by atoms with Crippen LogP contribution in [-0.2, 0) is 4.43 Å². The summed E-state index contributed by atoms with van der Waals surface area (Å²) in [6.07, 6.45) is -3.70. The average Bonchev–Trinajstić information content (AvgIpc) is 2.46. The van der Waals surface area contributed by atoms with E-state index in [1.807, 2.05) is 49.5 Å². The summed E-state index contributed by atoms with van der Waals surface area (Å²) >= 11 is 0. The molecule has 1 unspecified atom stereocenters. The van der Waals surface area contributed by atoms with Crippen molar-refractivity contribution in [3.05, 3.63) is 66.2 Å². The molecule has 0 bridgehead atoms. The Kier molecular flexibility index (Phi) is 4.67. The van der Waals surface area contributed by atoms with E-state index in [2.05, 4.69) is 0 Å². The van der Waals surface area contributed by atoms with Gasteiger partial charge in [-0.2, -0.15) is 0 Å². The summed E-state index contributed by atoms with van der Waals surface area (Å²) in [7, 11) is -2.37. The fourth-order valence-corrected chi connectivity index (χ4v) is 4.14. The van der Waals surface area contributed by atoms with Crippen molar-refractivity contribution >= 4 is 13.5 Å². The number of hydrogen-bond acceptors (Lipinski definition) is 1. The lowest BCUT2D eigenvalue weighted by Gasteiger charge is -2.29. The predicted octanol–water partition coefficient (Wildman–Crippen LogP) is 4.12. The van der Waals surface area contributed by atoms with Gasteiger partial charge in [0.2, 0.25) is 8.32 Å². The molecule has 1 atom stereocenters. The van der Waals surface area contributed by atoms with Crippen LogP contribution in [0.15, 0.2) is 60.7 Å². The first kappa shape index (κ1) is 14.9. The van der Waals surface area contributed by atoms with Crippen LogP contribution in [0.25, 0.3) is 0 Å². The van der Waals surface area contributed by atoms with Gasteiger partial charge < -0.3 is 4.43 Å². The van der Waals surface area contributed by atoms with Gasteiger partial charge in [-0.25, -0.2) is 8.78 Å². The Morgan fingerprint density at radius 1 is 0.850 bits per heavy atom. The second-order valence-electron chi connectivity index (χ2n) is 5.16. The van der Waals surface area contributed by atoms with E-state index < -0.39 is 20.8 Å². The van der Waals surface area contributed by atoms with Crippen molar-refractivity contribution in [1.82, 2.24) is 0 Å².